The van der Waals surface area contributed by atoms with Gasteiger partial charge in [-0.2, -0.15) is 0 Å². The molecule has 2 heterocycles. The topological polar surface area (TPSA) is 72.9 Å². The van der Waals surface area contributed by atoms with Crippen LogP contribution in [0.15, 0.2) is 78.9 Å². The van der Waals surface area contributed by atoms with Gasteiger partial charge in [0.15, 0.2) is 28.8 Å². The molecule has 0 radical (unpaired) electrons. The summed E-state index contributed by atoms with van der Waals surface area (Å²) in [6.07, 6.45) is 1.65. The van der Waals surface area contributed by atoms with E-state index < -0.39 is 16.9 Å². The largest absolute Gasteiger partial charge is 0.493 e. The van der Waals surface area contributed by atoms with Gasteiger partial charge in [0.1, 0.15) is 11.0 Å². The smallest absolute Gasteiger partial charge is 0.189 e. The summed E-state index contributed by atoms with van der Waals surface area (Å²) < 4.78 is 11.2. The Labute approximate surface area is 231 Å². The van der Waals surface area contributed by atoms with Crippen LogP contribution in [0.3, 0.4) is 0 Å². The third-order valence-corrected chi connectivity index (χ3v) is 9.92. The van der Waals surface area contributed by atoms with Gasteiger partial charge in [0, 0.05) is 28.7 Å². The first kappa shape index (κ1) is 23.6. The average Bonchev–Trinajstić information content (AvgIpc) is 3.69. The van der Waals surface area contributed by atoms with Gasteiger partial charge in [0.25, 0.3) is 0 Å². The van der Waals surface area contributed by atoms with Gasteiger partial charge in [-0.05, 0) is 53.4 Å². The van der Waals surface area contributed by atoms with E-state index >= 15 is 14.4 Å². The highest BCUT2D eigenvalue weighted by Gasteiger charge is 2.81. The number of nitrogens with zero attached hydrogens (tertiary/aromatic N) is 1. The molecule has 0 amide bonds. The van der Waals surface area contributed by atoms with E-state index in [9.17, 15) is 0 Å². The standard InChI is InChI=1S/C34H27NO5/c1-39-26-16-15-20(18-27(26)40-2)29-25-14-7-17-35(25)34(33(29)30(36)21-10-3-4-11-22(21)31(33)37)24-13-6-9-19-8-5-12-23(28(19)24)32(34)38/h3-6,8-13,15-16,18,25,29H,7,14,17H2,1-2H3/t25-,29-,34?/m1/s1. The molecule has 4 aliphatic rings. The van der Waals surface area contributed by atoms with Crippen molar-refractivity contribution in [2.24, 2.45) is 5.41 Å². The molecule has 2 fully saturated rings. The molecule has 0 saturated carbocycles. The highest BCUT2D eigenvalue weighted by atomic mass is 16.5. The first-order chi connectivity index (χ1) is 19.5. The molecule has 6 heteroatoms. The molecule has 2 saturated heterocycles. The Kier molecular flexibility index (Phi) is 4.65. The van der Waals surface area contributed by atoms with Crippen LogP contribution in [0.25, 0.3) is 10.8 Å². The van der Waals surface area contributed by atoms with Gasteiger partial charge < -0.3 is 9.47 Å². The number of fused-ring (bicyclic) bond motifs is 5. The lowest BCUT2D eigenvalue weighted by Crippen LogP contribution is -2.60. The van der Waals surface area contributed by atoms with Gasteiger partial charge in [0.05, 0.1) is 14.2 Å². The van der Waals surface area contributed by atoms with Gasteiger partial charge in [-0.1, -0.05) is 66.7 Å². The lowest BCUT2D eigenvalue weighted by Gasteiger charge is -2.44. The molecule has 40 heavy (non-hydrogen) atoms. The quantitative estimate of drug-likeness (QED) is 0.323. The molecule has 4 aromatic carbocycles. The number of hydrogen-bond acceptors (Lipinski definition) is 6. The summed E-state index contributed by atoms with van der Waals surface area (Å²) in [4.78, 5) is 47.4. The van der Waals surface area contributed by atoms with Gasteiger partial charge in [-0.3, -0.25) is 19.3 Å². The summed E-state index contributed by atoms with van der Waals surface area (Å²) in [5.74, 6) is -0.141. The Morgan fingerprint density at radius 3 is 2.12 bits per heavy atom. The van der Waals surface area contributed by atoms with Gasteiger partial charge in [-0.25, -0.2) is 0 Å². The molecular weight excluding hydrogens is 502 g/mol. The number of carbonyl (C=O) groups is 3. The number of ether oxygens (including phenoxy) is 2. The van der Waals surface area contributed by atoms with Gasteiger partial charge in [0.2, 0.25) is 0 Å². The molecule has 8 rings (SSSR count). The van der Waals surface area contributed by atoms with Crippen molar-refractivity contribution >= 4 is 28.1 Å². The van der Waals surface area contributed by atoms with Crippen molar-refractivity contribution in [2.75, 3.05) is 20.8 Å². The molecule has 198 valence electrons. The maximum atomic E-state index is 15.1. The first-order valence-corrected chi connectivity index (χ1v) is 13.8. The fourth-order valence-electron chi connectivity index (χ4n) is 8.66. The van der Waals surface area contributed by atoms with Crippen molar-refractivity contribution in [1.82, 2.24) is 4.90 Å². The Balaban J connectivity index is 1.52. The van der Waals surface area contributed by atoms with Crippen molar-refractivity contribution in [3.8, 4) is 11.5 Å². The third-order valence-electron chi connectivity index (χ3n) is 9.92. The number of carbonyl (C=O) groups excluding carboxylic acids is 3. The molecule has 6 nitrogen and oxygen atoms in total. The van der Waals surface area contributed by atoms with Crippen LogP contribution in [0, 0.1) is 5.41 Å². The molecular formula is C34H27NO5. The number of Topliss-reactive ketones (excluding diaryl/α,β-unsaturated/α-hetero) is 3. The van der Waals surface area contributed by atoms with E-state index in [0.29, 0.717) is 34.7 Å². The van der Waals surface area contributed by atoms with Crippen molar-refractivity contribution < 1.29 is 23.9 Å². The number of rotatable bonds is 3. The maximum absolute atomic E-state index is 15.1. The number of methoxy groups -OCH3 is 2. The van der Waals surface area contributed by atoms with E-state index in [-0.39, 0.29) is 23.4 Å². The van der Waals surface area contributed by atoms with Gasteiger partial charge in [-0.15, -0.1) is 0 Å². The zero-order valence-electron chi connectivity index (χ0n) is 22.3. The van der Waals surface area contributed by atoms with E-state index in [0.717, 1.165) is 34.7 Å². The van der Waals surface area contributed by atoms with E-state index in [1.165, 1.54) is 0 Å². The predicted octanol–water partition coefficient (Wildman–Crippen LogP) is 5.58. The molecule has 0 bridgehead atoms. The summed E-state index contributed by atoms with van der Waals surface area (Å²) in [5.41, 5.74) is -0.146. The summed E-state index contributed by atoms with van der Waals surface area (Å²) in [6.45, 7) is 0.628. The van der Waals surface area contributed by atoms with Crippen LogP contribution in [0.2, 0.25) is 0 Å². The van der Waals surface area contributed by atoms with Crippen molar-refractivity contribution in [3.05, 3.63) is 107 Å². The molecule has 0 N–H and O–H groups in total. The van der Waals surface area contributed by atoms with Crippen LogP contribution in [0.1, 0.15) is 61.0 Å². The minimum absolute atomic E-state index is 0.149. The molecule has 2 spiro atoms. The predicted molar refractivity (Wildman–Crippen MR) is 150 cm³/mol. The van der Waals surface area contributed by atoms with Gasteiger partial charge >= 0.3 is 0 Å². The van der Waals surface area contributed by atoms with Crippen LogP contribution in [-0.4, -0.2) is 49.1 Å². The fourth-order valence-corrected chi connectivity index (χ4v) is 8.66. The van der Waals surface area contributed by atoms with Crippen LogP contribution < -0.4 is 9.47 Å². The lowest BCUT2D eigenvalue weighted by molar-refractivity contribution is 0.0278. The molecule has 2 aliphatic carbocycles. The Morgan fingerprint density at radius 2 is 1.43 bits per heavy atom. The molecule has 1 unspecified atom stereocenters. The van der Waals surface area contributed by atoms with Crippen molar-refractivity contribution in [1.29, 1.82) is 0 Å². The van der Waals surface area contributed by atoms with E-state index in [1.54, 1.807) is 38.5 Å². The average molecular weight is 530 g/mol. The second-order valence-corrected chi connectivity index (χ2v) is 11.3. The normalized spacial score (nSPS) is 25.8. The highest BCUT2D eigenvalue weighted by Crippen LogP contribution is 2.71. The zero-order chi connectivity index (χ0) is 27.4. The Hall–Kier alpha value is -4.29. The number of hydrogen-bond donors (Lipinski definition) is 0. The molecule has 3 atom stereocenters. The SMILES string of the molecule is COc1ccc([C@@H]2[C@H]3CCCN3C3(C(=O)c4cccc5cccc3c45)C23C(=O)c2ccccc2C3=O)cc1OC. The second-order valence-electron chi connectivity index (χ2n) is 11.3. The van der Waals surface area contributed by atoms with Crippen LogP contribution >= 0.6 is 0 Å². The summed E-state index contributed by atoms with van der Waals surface area (Å²) in [6, 6.07) is 24.2. The minimum Gasteiger partial charge on any atom is -0.493 e. The Bertz CT molecular complexity index is 1770. The summed E-state index contributed by atoms with van der Waals surface area (Å²) in [7, 11) is 3.16. The Morgan fingerprint density at radius 1 is 0.750 bits per heavy atom. The van der Waals surface area contributed by atoms with Crippen molar-refractivity contribution in [3.63, 3.8) is 0 Å². The summed E-state index contributed by atoms with van der Waals surface area (Å²) in [5, 5.41) is 1.79. The molecule has 2 aliphatic heterocycles. The molecule has 0 aromatic heterocycles. The van der Waals surface area contributed by atoms with Crippen LogP contribution in [0.4, 0.5) is 0 Å². The second kappa shape index (κ2) is 7.89. The maximum Gasteiger partial charge on any atom is 0.189 e. The number of benzene rings is 4. The lowest BCUT2D eigenvalue weighted by atomic mass is 9.56. The fraction of sp³-hybridized carbons (Fsp3) is 0.265. The monoisotopic (exact) mass is 529 g/mol. The van der Waals surface area contributed by atoms with E-state index in [1.807, 2.05) is 54.6 Å². The first-order valence-electron chi connectivity index (χ1n) is 13.8. The summed E-state index contributed by atoms with van der Waals surface area (Å²) >= 11 is 0. The number of ketones is 3. The zero-order valence-corrected chi connectivity index (χ0v) is 22.3. The van der Waals surface area contributed by atoms with Crippen LogP contribution in [0.5, 0.6) is 11.5 Å². The van der Waals surface area contributed by atoms with E-state index in [4.69, 9.17) is 9.47 Å². The van der Waals surface area contributed by atoms with Crippen molar-refractivity contribution in [2.45, 2.75) is 30.3 Å². The third kappa shape index (κ3) is 2.40. The molecule has 4 aromatic rings. The van der Waals surface area contributed by atoms with Crippen LogP contribution in [-0.2, 0) is 5.54 Å². The minimum atomic E-state index is -1.66. The van der Waals surface area contributed by atoms with E-state index in [2.05, 4.69) is 4.90 Å². The highest BCUT2D eigenvalue weighted by molar-refractivity contribution is 6.36.